The third-order valence-electron chi connectivity index (χ3n) is 5.56. The number of aliphatic hydroxyl groups is 4. The molecule has 0 aromatic carbocycles. The maximum absolute atomic E-state index is 11.7. The SMILES string of the molecule is C.CC[C@@H]1OC(CO)[C@H](O[C@H]2OC(CO)[C@@H](OC)C(O)[C@H]2NC(C)=O)C(O)[C@@H]1NC(C)=O. The minimum absolute atomic E-state index is 0. The summed E-state index contributed by atoms with van der Waals surface area (Å²) in [6.07, 6.45) is -8.05. The van der Waals surface area contributed by atoms with Crippen molar-refractivity contribution in [2.75, 3.05) is 20.3 Å². The van der Waals surface area contributed by atoms with Gasteiger partial charge in [-0.1, -0.05) is 14.4 Å². The summed E-state index contributed by atoms with van der Waals surface area (Å²) in [6.45, 7) is 3.37. The van der Waals surface area contributed by atoms with E-state index in [-0.39, 0.29) is 13.3 Å². The third-order valence-corrected chi connectivity index (χ3v) is 5.56. The molecule has 0 aromatic rings. The number of ether oxygens (including phenoxy) is 4. The quantitative estimate of drug-likeness (QED) is 0.227. The Morgan fingerprint density at radius 3 is 1.84 bits per heavy atom. The number of carbonyl (C=O) groups excluding carboxylic acids is 2. The average molecular weight is 467 g/mol. The van der Waals surface area contributed by atoms with Gasteiger partial charge in [0.25, 0.3) is 0 Å². The maximum atomic E-state index is 11.7. The van der Waals surface area contributed by atoms with Crippen LogP contribution in [0.1, 0.15) is 34.6 Å². The first-order valence-electron chi connectivity index (χ1n) is 10.3. The van der Waals surface area contributed by atoms with Gasteiger partial charge in [-0.05, 0) is 6.42 Å². The molecule has 2 heterocycles. The second kappa shape index (κ2) is 12.8. The number of nitrogens with one attached hydrogen (secondary N) is 2. The first-order chi connectivity index (χ1) is 14.7. The number of amides is 2. The Hall–Kier alpha value is -1.38. The van der Waals surface area contributed by atoms with Crippen molar-refractivity contribution in [2.24, 2.45) is 0 Å². The van der Waals surface area contributed by atoms with E-state index < -0.39 is 80.2 Å². The molecule has 2 fully saturated rings. The first-order valence-corrected chi connectivity index (χ1v) is 10.3. The molecule has 0 bridgehead atoms. The van der Waals surface area contributed by atoms with Crippen LogP contribution in [0.4, 0.5) is 0 Å². The van der Waals surface area contributed by atoms with Crippen molar-refractivity contribution in [3.05, 3.63) is 0 Å². The van der Waals surface area contributed by atoms with Crippen molar-refractivity contribution in [3.63, 3.8) is 0 Å². The van der Waals surface area contributed by atoms with Crippen molar-refractivity contribution in [2.45, 2.75) is 95.7 Å². The molecule has 2 aliphatic heterocycles. The molecule has 2 aliphatic rings. The van der Waals surface area contributed by atoms with Gasteiger partial charge in [0.15, 0.2) is 6.29 Å². The molecule has 0 saturated carbocycles. The predicted octanol–water partition coefficient (Wildman–Crippen LogP) is -2.36. The van der Waals surface area contributed by atoms with E-state index in [1.54, 1.807) is 0 Å². The molecule has 2 rings (SSSR count). The molecule has 6 N–H and O–H groups in total. The lowest BCUT2D eigenvalue weighted by molar-refractivity contribution is -0.316. The van der Waals surface area contributed by atoms with Crippen LogP contribution < -0.4 is 10.6 Å². The summed E-state index contributed by atoms with van der Waals surface area (Å²) in [6, 6.07) is -1.91. The molecule has 0 aliphatic carbocycles. The highest BCUT2D eigenvalue weighted by Gasteiger charge is 2.51. The molecule has 12 nitrogen and oxygen atoms in total. The van der Waals surface area contributed by atoms with Crippen molar-refractivity contribution in [3.8, 4) is 0 Å². The minimum atomic E-state index is -1.31. The Balaban J connectivity index is 0.00000512. The maximum Gasteiger partial charge on any atom is 0.217 e. The van der Waals surface area contributed by atoms with E-state index in [0.717, 1.165) is 0 Å². The van der Waals surface area contributed by atoms with Gasteiger partial charge in [0.05, 0.1) is 25.4 Å². The number of rotatable bonds is 8. The molecular formula is C20H38N2O10. The highest BCUT2D eigenvalue weighted by Crippen LogP contribution is 2.30. The zero-order valence-corrected chi connectivity index (χ0v) is 18.1. The van der Waals surface area contributed by atoms with Gasteiger partial charge in [-0.25, -0.2) is 0 Å². The summed E-state index contributed by atoms with van der Waals surface area (Å²) in [4.78, 5) is 23.3. The van der Waals surface area contributed by atoms with E-state index in [4.69, 9.17) is 18.9 Å². The lowest BCUT2D eigenvalue weighted by Crippen LogP contribution is -2.69. The topological polar surface area (TPSA) is 176 Å². The molecule has 188 valence electrons. The molecule has 4 unspecified atom stereocenters. The fourth-order valence-electron chi connectivity index (χ4n) is 4.13. The molecule has 0 radical (unpaired) electrons. The predicted molar refractivity (Wildman–Crippen MR) is 111 cm³/mol. The third kappa shape index (κ3) is 6.35. The van der Waals surface area contributed by atoms with Crippen LogP contribution in [0.5, 0.6) is 0 Å². The largest absolute Gasteiger partial charge is 0.394 e. The monoisotopic (exact) mass is 466 g/mol. The number of hydrogen-bond donors (Lipinski definition) is 6. The lowest BCUT2D eigenvalue weighted by atomic mass is 9.90. The zero-order valence-electron chi connectivity index (χ0n) is 18.1. The smallest absolute Gasteiger partial charge is 0.217 e. The Morgan fingerprint density at radius 1 is 0.875 bits per heavy atom. The Labute approximate surface area is 188 Å². The molecule has 0 spiro atoms. The first kappa shape index (κ1) is 28.7. The van der Waals surface area contributed by atoms with E-state index >= 15 is 0 Å². The van der Waals surface area contributed by atoms with Gasteiger partial charge < -0.3 is 50.0 Å². The summed E-state index contributed by atoms with van der Waals surface area (Å²) < 4.78 is 22.7. The second-order valence-corrected chi connectivity index (χ2v) is 7.76. The fourth-order valence-corrected chi connectivity index (χ4v) is 4.13. The van der Waals surface area contributed by atoms with E-state index in [0.29, 0.717) is 6.42 Å². The van der Waals surface area contributed by atoms with Crippen LogP contribution in [0.3, 0.4) is 0 Å². The Morgan fingerprint density at radius 2 is 1.38 bits per heavy atom. The number of methoxy groups -OCH3 is 1. The minimum Gasteiger partial charge on any atom is -0.394 e. The average Bonchev–Trinajstić information content (AvgIpc) is 2.72. The summed E-state index contributed by atoms with van der Waals surface area (Å²) in [5, 5.41) is 46.3. The van der Waals surface area contributed by atoms with E-state index in [1.807, 2.05) is 6.92 Å². The van der Waals surface area contributed by atoms with Crippen LogP contribution in [0.15, 0.2) is 0 Å². The Kier molecular flexibility index (Phi) is 11.4. The van der Waals surface area contributed by atoms with Crippen LogP contribution >= 0.6 is 0 Å². The normalized spacial score (nSPS) is 39.6. The van der Waals surface area contributed by atoms with E-state index in [1.165, 1.54) is 21.0 Å². The molecule has 0 aromatic heterocycles. The van der Waals surface area contributed by atoms with Gasteiger partial charge in [-0.2, -0.15) is 0 Å². The number of carbonyl (C=O) groups is 2. The molecule has 32 heavy (non-hydrogen) atoms. The van der Waals surface area contributed by atoms with Gasteiger partial charge in [0.2, 0.25) is 11.8 Å². The highest BCUT2D eigenvalue weighted by molar-refractivity contribution is 5.73. The van der Waals surface area contributed by atoms with Crippen LogP contribution in [0.2, 0.25) is 0 Å². The van der Waals surface area contributed by atoms with Gasteiger partial charge in [-0.3, -0.25) is 9.59 Å². The summed E-state index contributed by atoms with van der Waals surface area (Å²) in [7, 11) is 1.33. The van der Waals surface area contributed by atoms with Crippen LogP contribution in [0.25, 0.3) is 0 Å². The summed E-state index contributed by atoms with van der Waals surface area (Å²) >= 11 is 0. The van der Waals surface area contributed by atoms with E-state index in [9.17, 15) is 30.0 Å². The van der Waals surface area contributed by atoms with Gasteiger partial charge >= 0.3 is 0 Å². The van der Waals surface area contributed by atoms with Crippen LogP contribution in [-0.2, 0) is 28.5 Å². The van der Waals surface area contributed by atoms with Gasteiger partial charge in [0.1, 0.15) is 42.7 Å². The van der Waals surface area contributed by atoms with Gasteiger partial charge in [-0.15, -0.1) is 0 Å². The van der Waals surface area contributed by atoms with Crippen molar-refractivity contribution in [1.29, 1.82) is 0 Å². The standard InChI is InChI=1S/C19H34N2O10.CH4/c1-5-10-13(20-8(2)24)15(26)18(12(7-23)29-10)31-19-14(21-9(3)25)16(27)17(28-4)11(6-22)30-19;/h10-19,22-23,26-27H,5-7H2,1-4H3,(H,20,24)(H,21,25);1H4/t10-,11?,12?,13+,14+,15?,16?,17+,18-,19+;/m0./s1. The number of aliphatic hydroxyl groups excluding tert-OH is 4. The van der Waals surface area contributed by atoms with E-state index in [2.05, 4.69) is 10.6 Å². The van der Waals surface area contributed by atoms with Crippen LogP contribution in [-0.4, -0.2) is 114 Å². The zero-order chi connectivity index (χ0) is 23.3. The lowest BCUT2D eigenvalue weighted by Gasteiger charge is -2.48. The number of hydrogen-bond acceptors (Lipinski definition) is 10. The molecule has 12 heteroatoms. The molecule has 2 amide bonds. The highest BCUT2D eigenvalue weighted by atomic mass is 16.7. The van der Waals surface area contributed by atoms with Gasteiger partial charge in [0, 0.05) is 21.0 Å². The van der Waals surface area contributed by atoms with Crippen molar-refractivity contribution < 1.29 is 49.0 Å². The fraction of sp³-hybridized carbons (Fsp3) is 0.900. The van der Waals surface area contributed by atoms with Crippen molar-refractivity contribution in [1.82, 2.24) is 10.6 Å². The summed E-state index contributed by atoms with van der Waals surface area (Å²) in [5.74, 6) is -0.851. The Bertz CT molecular complexity index is 609. The molecule has 2 saturated heterocycles. The second-order valence-electron chi connectivity index (χ2n) is 7.76. The summed E-state index contributed by atoms with van der Waals surface area (Å²) in [5.41, 5.74) is 0. The molecular weight excluding hydrogens is 428 g/mol. The van der Waals surface area contributed by atoms with Crippen LogP contribution in [0, 0.1) is 0 Å². The van der Waals surface area contributed by atoms with Crippen molar-refractivity contribution >= 4 is 11.8 Å². The molecule has 10 atom stereocenters.